The molecule has 1 aromatic rings. The lowest BCUT2D eigenvalue weighted by atomic mass is 9.95. The minimum Gasteiger partial charge on any atom is -0.353 e. The van der Waals surface area contributed by atoms with Gasteiger partial charge in [-0.3, -0.25) is 14.4 Å². The SMILES string of the molecule is CCC(C)C(NC(=O)c1ccccc1)C(=O)N1CCC(NC(=O)C2CC2)CC1. The van der Waals surface area contributed by atoms with Crippen LogP contribution in [0.15, 0.2) is 30.3 Å². The standard InChI is InChI=1S/C22H31N3O3/c1-3-15(2)19(24-21(27)16-7-5-4-6-8-16)22(28)25-13-11-18(12-14-25)23-20(26)17-9-10-17/h4-8,15,17-19H,3,9-14H2,1-2H3,(H,23,26)(H,24,27). The van der Waals surface area contributed by atoms with Gasteiger partial charge in [0.2, 0.25) is 11.8 Å². The number of hydrogen-bond acceptors (Lipinski definition) is 3. The van der Waals surface area contributed by atoms with Crippen LogP contribution in [0.25, 0.3) is 0 Å². The van der Waals surface area contributed by atoms with Crippen LogP contribution in [-0.2, 0) is 9.59 Å². The zero-order valence-corrected chi connectivity index (χ0v) is 16.8. The van der Waals surface area contributed by atoms with Crippen LogP contribution >= 0.6 is 0 Å². The molecule has 3 rings (SSSR count). The number of benzene rings is 1. The van der Waals surface area contributed by atoms with E-state index in [9.17, 15) is 14.4 Å². The maximum Gasteiger partial charge on any atom is 0.251 e. The van der Waals surface area contributed by atoms with Crippen LogP contribution in [0.2, 0.25) is 0 Å². The van der Waals surface area contributed by atoms with Crippen molar-refractivity contribution in [2.75, 3.05) is 13.1 Å². The van der Waals surface area contributed by atoms with Gasteiger partial charge in [-0.1, -0.05) is 38.5 Å². The molecule has 2 atom stereocenters. The third-order valence-corrected chi connectivity index (χ3v) is 5.90. The fourth-order valence-corrected chi connectivity index (χ4v) is 3.60. The van der Waals surface area contributed by atoms with E-state index in [0.717, 1.165) is 32.1 Å². The number of nitrogens with one attached hydrogen (secondary N) is 2. The summed E-state index contributed by atoms with van der Waals surface area (Å²) in [4.78, 5) is 39.5. The summed E-state index contributed by atoms with van der Waals surface area (Å²) < 4.78 is 0. The molecule has 2 fully saturated rings. The average molecular weight is 386 g/mol. The summed E-state index contributed by atoms with van der Waals surface area (Å²) in [6, 6.07) is 8.61. The number of carbonyl (C=O) groups excluding carboxylic acids is 3. The molecule has 0 spiro atoms. The molecule has 3 amide bonds. The van der Waals surface area contributed by atoms with Crippen LogP contribution in [-0.4, -0.2) is 47.8 Å². The smallest absolute Gasteiger partial charge is 0.251 e. The molecule has 152 valence electrons. The highest BCUT2D eigenvalue weighted by Crippen LogP contribution is 2.29. The van der Waals surface area contributed by atoms with Crippen molar-refractivity contribution in [3.63, 3.8) is 0 Å². The van der Waals surface area contributed by atoms with Gasteiger partial charge in [-0.05, 0) is 43.7 Å². The number of hydrogen-bond donors (Lipinski definition) is 2. The molecule has 1 aliphatic carbocycles. The largest absolute Gasteiger partial charge is 0.353 e. The first-order valence-electron chi connectivity index (χ1n) is 10.4. The molecule has 6 nitrogen and oxygen atoms in total. The Bertz CT molecular complexity index is 694. The van der Waals surface area contributed by atoms with Crippen molar-refractivity contribution in [3.05, 3.63) is 35.9 Å². The van der Waals surface area contributed by atoms with Crippen molar-refractivity contribution in [1.29, 1.82) is 0 Å². The van der Waals surface area contributed by atoms with Gasteiger partial charge >= 0.3 is 0 Å². The molecule has 6 heteroatoms. The van der Waals surface area contributed by atoms with Gasteiger partial charge in [0.1, 0.15) is 6.04 Å². The Morgan fingerprint density at radius 1 is 1.07 bits per heavy atom. The number of nitrogens with zero attached hydrogens (tertiary/aromatic N) is 1. The number of likely N-dealkylation sites (tertiary alicyclic amines) is 1. The monoisotopic (exact) mass is 385 g/mol. The predicted octanol–water partition coefficient (Wildman–Crippen LogP) is 2.35. The van der Waals surface area contributed by atoms with Crippen molar-refractivity contribution < 1.29 is 14.4 Å². The molecule has 1 aliphatic heterocycles. The molecule has 1 aromatic carbocycles. The van der Waals surface area contributed by atoms with Gasteiger partial charge in [0.25, 0.3) is 5.91 Å². The normalized spacial score (nSPS) is 19.6. The second-order valence-corrected chi connectivity index (χ2v) is 8.09. The second kappa shape index (κ2) is 9.22. The van der Waals surface area contributed by atoms with Crippen molar-refractivity contribution in [2.45, 2.75) is 58.0 Å². The van der Waals surface area contributed by atoms with E-state index >= 15 is 0 Å². The molecule has 2 unspecified atom stereocenters. The Kier molecular flexibility index (Phi) is 6.70. The maximum atomic E-state index is 13.1. The fourth-order valence-electron chi connectivity index (χ4n) is 3.60. The zero-order valence-electron chi connectivity index (χ0n) is 16.8. The number of amides is 3. The van der Waals surface area contributed by atoms with E-state index in [4.69, 9.17) is 0 Å². The van der Waals surface area contributed by atoms with Crippen molar-refractivity contribution in [3.8, 4) is 0 Å². The molecule has 1 saturated heterocycles. The molecule has 0 aromatic heterocycles. The Hall–Kier alpha value is -2.37. The van der Waals surface area contributed by atoms with Gasteiger partial charge in [0, 0.05) is 30.6 Å². The quantitative estimate of drug-likeness (QED) is 0.756. The molecule has 0 bridgehead atoms. The van der Waals surface area contributed by atoms with E-state index in [0.29, 0.717) is 18.7 Å². The van der Waals surface area contributed by atoms with Crippen LogP contribution < -0.4 is 10.6 Å². The Morgan fingerprint density at radius 2 is 1.71 bits per heavy atom. The van der Waals surface area contributed by atoms with E-state index in [-0.39, 0.29) is 35.6 Å². The van der Waals surface area contributed by atoms with Crippen molar-refractivity contribution in [2.24, 2.45) is 11.8 Å². The van der Waals surface area contributed by atoms with E-state index in [2.05, 4.69) is 10.6 Å². The first-order valence-corrected chi connectivity index (χ1v) is 10.4. The predicted molar refractivity (Wildman–Crippen MR) is 108 cm³/mol. The number of piperidine rings is 1. The van der Waals surface area contributed by atoms with Crippen LogP contribution in [0.1, 0.15) is 56.3 Å². The van der Waals surface area contributed by atoms with Crippen LogP contribution in [0.4, 0.5) is 0 Å². The second-order valence-electron chi connectivity index (χ2n) is 8.09. The molecular weight excluding hydrogens is 354 g/mol. The molecule has 1 heterocycles. The molecule has 2 N–H and O–H groups in total. The summed E-state index contributed by atoms with van der Waals surface area (Å²) in [6.45, 7) is 5.25. The summed E-state index contributed by atoms with van der Waals surface area (Å²) >= 11 is 0. The summed E-state index contributed by atoms with van der Waals surface area (Å²) in [5.74, 6) is 0.184. The first kappa shape index (κ1) is 20.4. The lowest BCUT2D eigenvalue weighted by molar-refractivity contribution is -0.135. The Balaban J connectivity index is 1.57. The molecule has 0 radical (unpaired) electrons. The third kappa shape index (κ3) is 5.12. The molecular formula is C22H31N3O3. The highest BCUT2D eigenvalue weighted by molar-refractivity contribution is 5.97. The summed E-state index contributed by atoms with van der Waals surface area (Å²) in [6.07, 6.45) is 4.34. The van der Waals surface area contributed by atoms with E-state index in [1.165, 1.54) is 0 Å². The van der Waals surface area contributed by atoms with Crippen molar-refractivity contribution >= 4 is 17.7 Å². The number of rotatable bonds is 7. The lowest BCUT2D eigenvalue weighted by Crippen LogP contribution is -2.55. The molecule has 1 saturated carbocycles. The Morgan fingerprint density at radius 3 is 2.29 bits per heavy atom. The summed E-state index contributed by atoms with van der Waals surface area (Å²) in [7, 11) is 0. The Labute approximate surface area is 167 Å². The number of carbonyl (C=O) groups is 3. The van der Waals surface area contributed by atoms with Gasteiger partial charge in [0.15, 0.2) is 0 Å². The van der Waals surface area contributed by atoms with Crippen LogP contribution in [0.3, 0.4) is 0 Å². The van der Waals surface area contributed by atoms with E-state index in [1.807, 2.05) is 36.9 Å². The van der Waals surface area contributed by atoms with Gasteiger partial charge in [0.05, 0.1) is 0 Å². The van der Waals surface area contributed by atoms with Gasteiger partial charge < -0.3 is 15.5 Å². The van der Waals surface area contributed by atoms with Gasteiger partial charge in [-0.2, -0.15) is 0 Å². The minimum atomic E-state index is -0.532. The highest BCUT2D eigenvalue weighted by atomic mass is 16.2. The van der Waals surface area contributed by atoms with E-state index < -0.39 is 6.04 Å². The van der Waals surface area contributed by atoms with Gasteiger partial charge in [-0.15, -0.1) is 0 Å². The molecule has 2 aliphatic rings. The highest BCUT2D eigenvalue weighted by Gasteiger charge is 2.34. The third-order valence-electron chi connectivity index (χ3n) is 5.90. The summed E-state index contributed by atoms with van der Waals surface area (Å²) in [5, 5.41) is 6.06. The lowest BCUT2D eigenvalue weighted by Gasteiger charge is -2.36. The van der Waals surface area contributed by atoms with E-state index in [1.54, 1.807) is 12.1 Å². The van der Waals surface area contributed by atoms with Gasteiger partial charge in [-0.25, -0.2) is 0 Å². The first-order chi connectivity index (χ1) is 13.5. The maximum absolute atomic E-state index is 13.1. The van der Waals surface area contributed by atoms with Crippen LogP contribution in [0.5, 0.6) is 0 Å². The minimum absolute atomic E-state index is 0.0226. The fraction of sp³-hybridized carbons (Fsp3) is 0.591. The van der Waals surface area contributed by atoms with Crippen molar-refractivity contribution in [1.82, 2.24) is 15.5 Å². The zero-order chi connectivity index (χ0) is 20.1. The topological polar surface area (TPSA) is 78.5 Å². The molecule has 28 heavy (non-hydrogen) atoms. The van der Waals surface area contributed by atoms with Crippen LogP contribution in [0, 0.1) is 11.8 Å². The average Bonchev–Trinajstić information content (AvgIpc) is 3.57. The summed E-state index contributed by atoms with van der Waals surface area (Å²) in [5.41, 5.74) is 0.560.